The van der Waals surface area contributed by atoms with Gasteiger partial charge in [0.15, 0.2) is 0 Å². The van der Waals surface area contributed by atoms with Crippen LogP contribution in [0.25, 0.3) is 0 Å². The molecule has 0 aliphatic carbocycles. The molecule has 1 aromatic rings. The van der Waals surface area contributed by atoms with Gasteiger partial charge in [0.25, 0.3) is 0 Å². The molecular formula is C12H16BrFN2OS. The summed E-state index contributed by atoms with van der Waals surface area (Å²) in [7, 11) is 0. The highest BCUT2D eigenvalue weighted by atomic mass is 79.9. The second-order valence-corrected chi connectivity index (χ2v) is 6.55. The molecule has 18 heavy (non-hydrogen) atoms. The maximum absolute atomic E-state index is 13.5. The van der Waals surface area contributed by atoms with Crippen molar-refractivity contribution in [1.82, 2.24) is 0 Å². The van der Waals surface area contributed by atoms with Crippen molar-refractivity contribution in [3.05, 3.63) is 28.5 Å². The first-order chi connectivity index (χ1) is 8.28. The molecule has 3 N–H and O–H groups in total. The Morgan fingerprint density at radius 1 is 1.56 bits per heavy atom. The van der Waals surface area contributed by atoms with E-state index in [-0.39, 0.29) is 22.9 Å². The molecule has 1 rings (SSSR count). The van der Waals surface area contributed by atoms with Crippen molar-refractivity contribution in [3.63, 3.8) is 0 Å². The second-order valence-electron chi connectivity index (χ2n) is 4.65. The van der Waals surface area contributed by atoms with Gasteiger partial charge in [-0.1, -0.05) is 15.9 Å². The molecule has 100 valence electrons. The minimum Gasteiger partial charge on any atom is -0.325 e. The molecule has 0 saturated heterocycles. The van der Waals surface area contributed by atoms with Gasteiger partial charge in [-0.15, -0.1) is 0 Å². The Hall–Kier alpha value is -0.590. The van der Waals surface area contributed by atoms with E-state index in [2.05, 4.69) is 21.2 Å². The molecule has 0 saturated carbocycles. The monoisotopic (exact) mass is 334 g/mol. The molecule has 0 spiro atoms. The minimum atomic E-state index is -0.457. The highest BCUT2D eigenvalue weighted by molar-refractivity contribution is 9.10. The van der Waals surface area contributed by atoms with E-state index in [9.17, 15) is 9.18 Å². The summed E-state index contributed by atoms with van der Waals surface area (Å²) < 4.78 is 14.1. The third-order valence-corrected chi connectivity index (χ3v) is 3.82. The van der Waals surface area contributed by atoms with Crippen molar-refractivity contribution in [1.29, 1.82) is 0 Å². The van der Waals surface area contributed by atoms with Gasteiger partial charge in [0, 0.05) is 15.8 Å². The molecular weight excluding hydrogens is 319 g/mol. The molecule has 1 aromatic carbocycles. The van der Waals surface area contributed by atoms with Crippen LogP contribution in [0.5, 0.6) is 0 Å². The highest BCUT2D eigenvalue weighted by Gasteiger charge is 2.12. The van der Waals surface area contributed by atoms with Gasteiger partial charge in [-0.25, -0.2) is 4.39 Å². The molecule has 0 unspecified atom stereocenters. The average molecular weight is 335 g/mol. The van der Waals surface area contributed by atoms with Crippen molar-refractivity contribution >= 4 is 39.3 Å². The summed E-state index contributed by atoms with van der Waals surface area (Å²) >= 11 is 4.58. The van der Waals surface area contributed by atoms with Gasteiger partial charge in [0.1, 0.15) is 5.82 Å². The first kappa shape index (κ1) is 15.5. The largest absolute Gasteiger partial charge is 0.325 e. The normalized spacial score (nSPS) is 11.4. The van der Waals surface area contributed by atoms with Gasteiger partial charge in [-0.05, 0) is 32.0 Å². The lowest BCUT2D eigenvalue weighted by Gasteiger charge is -2.17. The van der Waals surface area contributed by atoms with Crippen LogP contribution >= 0.6 is 27.7 Å². The van der Waals surface area contributed by atoms with E-state index < -0.39 is 5.82 Å². The van der Waals surface area contributed by atoms with Crippen LogP contribution in [0.4, 0.5) is 10.1 Å². The van der Waals surface area contributed by atoms with Gasteiger partial charge in [-0.2, -0.15) is 11.8 Å². The third-order valence-electron chi connectivity index (χ3n) is 1.91. The highest BCUT2D eigenvalue weighted by Crippen LogP contribution is 2.19. The van der Waals surface area contributed by atoms with E-state index in [1.54, 1.807) is 6.07 Å². The summed E-state index contributed by atoms with van der Waals surface area (Å²) in [5.74, 6) is 0.242. The van der Waals surface area contributed by atoms with E-state index in [1.165, 1.54) is 23.9 Å². The van der Waals surface area contributed by atoms with Gasteiger partial charge >= 0.3 is 0 Å². The third kappa shape index (κ3) is 5.84. The van der Waals surface area contributed by atoms with E-state index in [0.717, 1.165) is 0 Å². The summed E-state index contributed by atoms with van der Waals surface area (Å²) in [5, 5.41) is 2.53. The number of carbonyl (C=O) groups is 1. The van der Waals surface area contributed by atoms with E-state index in [0.29, 0.717) is 10.2 Å². The SMILES string of the molecule is CC(C)(N)CSCC(=O)Nc1ccc(Br)cc1F. The fourth-order valence-corrected chi connectivity index (χ4v) is 2.40. The minimum absolute atomic E-state index is 0.191. The van der Waals surface area contributed by atoms with Crippen molar-refractivity contribution in [2.24, 2.45) is 5.73 Å². The quantitative estimate of drug-likeness (QED) is 0.870. The summed E-state index contributed by atoms with van der Waals surface area (Å²) in [4.78, 5) is 11.6. The number of benzene rings is 1. The number of amides is 1. The lowest BCUT2D eigenvalue weighted by atomic mass is 10.1. The Bertz CT molecular complexity index is 435. The summed E-state index contributed by atoms with van der Waals surface area (Å²) in [5.41, 5.74) is 5.68. The number of hydrogen-bond donors (Lipinski definition) is 2. The van der Waals surface area contributed by atoms with Crippen LogP contribution < -0.4 is 11.1 Å². The molecule has 0 radical (unpaired) electrons. The standard InChI is InChI=1S/C12H16BrFN2OS/c1-12(2,15)7-18-6-11(17)16-10-4-3-8(13)5-9(10)14/h3-5H,6-7,15H2,1-2H3,(H,16,17). The second kappa shape index (κ2) is 6.54. The van der Waals surface area contributed by atoms with Crippen molar-refractivity contribution in [2.75, 3.05) is 16.8 Å². The number of carbonyl (C=O) groups excluding carboxylic acids is 1. The molecule has 0 atom stereocenters. The molecule has 0 bridgehead atoms. The van der Waals surface area contributed by atoms with Crippen LogP contribution in [-0.2, 0) is 4.79 Å². The lowest BCUT2D eigenvalue weighted by molar-refractivity contribution is -0.113. The zero-order valence-electron chi connectivity index (χ0n) is 10.3. The fraction of sp³-hybridized carbons (Fsp3) is 0.417. The lowest BCUT2D eigenvalue weighted by Crippen LogP contribution is -2.35. The van der Waals surface area contributed by atoms with Gasteiger partial charge in [-0.3, -0.25) is 4.79 Å². The first-order valence-electron chi connectivity index (χ1n) is 5.39. The Kier molecular flexibility index (Phi) is 5.62. The van der Waals surface area contributed by atoms with Gasteiger partial charge in [0.2, 0.25) is 5.91 Å². The molecule has 0 fully saturated rings. The zero-order chi connectivity index (χ0) is 13.8. The summed E-state index contributed by atoms with van der Waals surface area (Å²) in [6.07, 6.45) is 0. The van der Waals surface area contributed by atoms with Crippen LogP contribution in [-0.4, -0.2) is 23.0 Å². The number of halogens is 2. The van der Waals surface area contributed by atoms with Crippen LogP contribution in [0.1, 0.15) is 13.8 Å². The van der Waals surface area contributed by atoms with E-state index in [4.69, 9.17) is 5.73 Å². The Balaban J connectivity index is 2.45. The topological polar surface area (TPSA) is 55.1 Å². The van der Waals surface area contributed by atoms with Crippen molar-refractivity contribution in [2.45, 2.75) is 19.4 Å². The smallest absolute Gasteiger partial charge is 0.234 e. The molecule has 0 heterocycles. The number of rotatable bonds is 5. The fourth-order valence-electron chi connectivity index (χ4n) is 1.18. The molecule has 0 aromatic heterocycles. The number of thioether (sulfide) groups is 1. The maximum atomic E-state index is 13.5. The number of nitrogens with two attached hydrogens (primary N) is 1. The van der Waals surface area contributed by atoms with Crippen molar-refractivity contribution in [3.8, 4) is 0 Å². The molecule has 3 nitrogen and oxygen atoms in total. The predicted molar refractivity (Wildman–Crippen MR) is 78.3 cm³/mol. The molecule has 6 heteroatoms. The molecule has 1 amide bonds. The number of anilines is 1. The van der Waals surface area contributed by atoms with Crippen LogP contribution in [0, 0.1) is 5.82 Å². The van der Waals surface area contributed by atoms with Gasteiger partial charge in [0.05, 0.1) is 11.4 Å². The molecule has 0 aliphatic heterocycles. The predicted octanol–water partition coefficient (Wildman–Crippen LogP) is 3.00. The Morgan fingerprint density at radius 2 is 2.22 bits per heavy atom. The zero-order valence-corrected chi connectivity index (χ0v) is 12.7. The van der Waals surface area contributed by atoms with Crippen LogP contribution in [0.2, 0.25) is 0 Å². The summed E-state index contributed by atoms with van der Waals surface area (Å²) in [6, 6.07) is 4.51. The van der Waals surface area contributed by atoms with Crippen molar-refractivity contribution < 1.29 is 9.18 Å². The maximum Gasteiger partial charge on any atom is 0.234 e. The van der Waals surface area contributed by atoms with Crippen LogP contribution in [0.15, 0.2) is 22.7 Å². The molecule has 0 aliphatic rings. The average Bonchev–Trinajstić information content (AvgIpc) is 2.20. The van der Waals surface area contributed by atoms with E-state index in [1.807, 2.05) is 13.8 Å². The Labute approximate surface area is 119 Å². The first-order valence-corrected chi connectivity index (χ1v) is 7.34. The Morgan fingerprint density at radius 3 is 2.78 bits per heavy atom. The van der Waals surface area contributed by atoms with Gasteiger partial charge < -0.3 is 11.1 Å². The van der Waals surface area contributed by atoms with E-state index >= 15 is 0 Å². The number of hydrogen-bond acceptors (Lipinski definition) is 3. The number of nitrogens with one attached hydrogen (secondary N) is 1. The summed E-state index contributed by atoms with van der Waals surface area (Å²) in [6.45, 7) is 3.79. The van der Waals surface area contributed by atoms with Crippen LogP contribution in [0.3, 0.4) is 0 Å².